The van der Waals surface area contributed by atoms with Gasteiger partial charge in [0.05, 0.1) is 12.0 Å². The first-order valence-electron chi connectivity index (χ1n) is 4.65. The van der Waals surface area contributed by atoms with Crippen LogP contribution < -0.4 is 0 Å². The van der Waals surface area contributed by atoms with E-state index in [9.17, 15) is 4.79 Å². The number of hydrogen-bond donors (Lipinski definition) is 0. The molecule has 0 aromatic rings. The van der Waals surface area contributed by atoms with Gasteiger partial charge in [0.2, 0.25) is 0 Å². The van der Waals surface area contributed by atoms with E-state index in [0.717, 1.165) is 19.3 Å². The van der Waals surface area contributed by atoms with Crippen molar-refractivity contribution >= 4 is 5.78 Å². The van der Waals surface area contributed by atoms with Crippen molar-refractivity contribution in [2.75, 3.05) is 0 Å². The molecule has 0 saturated heterocycles. The molecule has 0 spiro atoms. The van der Waals surface area contributed by atoms with Crippen molar-refractivity contribution in [3.63, 3.8) is 0 Å². The Labute approximate surface area is 74.6 Å². The number of Topliss-reactive ketones (excluding diaryl/α,β-unsaturated/α-hetero) is 1. The van der Waals surface area contributed by atoms with Crippen LogP contribution >= 0.6 is 0 Å². The fourth-order valence-electron chi connectivity index (χ4n) is 1.08. The number of nitrogens with zero attached hydrogens (tertiary/aromatic N) is 1. The maximum atomic E-state index is 11.0. The van der Waals surface area contributed by atoms with E-state index in [-0.39, 0.29) is 11.7 Å². The highest BCUT2D eigenvalue weighted by Gasteiger charge is 2.10. The summed E-state index contributed by atoms with van der Waals surface area (Å²) >= 11 is 0. The molecule has 0 N–H and O–H groups in total. The summed E-state index contributed by atoms with van der Waals surface area (Å²) in [6.45, 7) is 3.94. The predicted molar refractivity (Wildman–Crippen MR) is 48.5 cm³/mol. The van der Waals surface area contributed by atoms with Crippen LogP contribution in [0.25, 0.3) is 0 Å². The van der Waals surface area contributed by atoms with Crippen LogP contribution in [0.3, 0.4) is 0 Å². The average molecular weight is 167 g/mol. The predicted octanol–water partition coefficient (Wildman–Crippen LogP) is 2.69. The Kier molecular flexibility index (Phi) is 6.37. The number of rotatable bonds is 6. The maximum Gasteiger partial charge on any atom is 0.133 e. The molecule has 1 atom stereocenters. The molecular formula is C10H17NO. The van der Waals surface area contributed by atoms with E-state index in [1.807, 2.05) is 6.92 Å². The van der Waals surface area contributed by atoms with Crippen LogP contribution in [0, 0.1) is 17.2 Å². The van der Waals surface area contributed by atoms with Crippen molar-refractivity contribution in [3.05, 3.63) is 0 Å². The molecule has 2 nitrogen and oxygen atoms in total. The summed E-state index contributed by atoms with van der Waals surface area (Å²) in [6, 6.07) is 2.18. The van der Waals surface area contributed by atoms with Gasteiger partial charge in [-0.25, -0.2) is 0 Å². The third-order valence-electron chi connectivity index (χ3n) is 1.96. The summed E-state index contributed by atoms with van der Waals surface area (Å²) in [5, 5.41) is 8.69. The molecule has 0 aromatic carbocycles. The van der Waals surface area contributed by atoms with Crippen LogP contribution in [-0.4, -0.2) is 5.78 Å². The van der Waals surface area contributed by atoms with Crippen molar-refractivity contribution in [2.45, 2.75) is 46.0 Å². The summed E-state index contributed by atoms with van der Waals surface area (Å²) in [5.41, 5.74) is 0. The molecule has 0 aliphatic rings. The maximum absolute atomic E-state index is 11.0. The number of ketones is 1. The van der Waals surface area contributed by atoms with Crippen molar-refractivity contribution in [2.24, 2.45) is 5.92 Å². The van der Waals surface area contributed by atoms with E-state index in [1.54, 1.807) is 0 Å². The van der Waals surface area contributed by atoms with Gasteiger partial charge < -0.3 is 0 Å². The minimum Gasteiger partial charge on any atom is -0.300 e. The number of unbranched alkanes of at least 4 members (excludes halogenated alkanes) is 1. The van der Waals surface area contributed by atoms with Gasteiger partial charge in [-0.05, 0) is 6.42 Å². The lowest BCUT2D eigenvalue weighted by Crippen LogP contribution is -2.05. The van der Waals surface area contributed by atoms with Crippen LogP contribution in [0.5, 0.6) is 0 Å². The molecule has 0 bridgehead atoms. The summed E-state index contributed by atoms with van der Waals surface area (Å²) in [4.78, 5) is 11.0. The van der Waals surface area contributed by atoms with Gasteiger partial charge in [0.15, 0.2) is 0 Å². The fourth-order valence-corrected chi connectivity index (χ4v) is 1.08. The molecule has 0 radical (unpaired) electrons. The summed E-state index contributed by atoms with van der Waals surface area (Å²) < 4.78 is 0. The van der Waals surface area contributed by atoms with E-state index >= 15 is 0 Å². The number of carbonyl (C=O) groups is 1. The van der Waals surface area contributed by atoms with E-state index in [1.165, 1.54) is 0 Å². The lowest BCUT2D eigenvalue weighted by molar-refractivity contribution is -0.119. The molecule has 0 aliphatic carbocycles. The highest BCUT2D eigenvalue weighted by molar-refractivity contribution is 5.78. The Bertz CT molecular complexity index is 169. The van der Waals surface area contributed by atoms with Crippen LogP contribution in [0.4, 0.5) is 0 Å². The Balaban J connectivity index is 3.69. The van der Waals surface area contributed by atoms with Crippen molar-refractivity contribution in [1.82, 2.24) is 0 Å². The highest BCUT2D eigenvalue weighted by atomic mass is 16.1. The smallest absolute Gasteiger partial charge is 0.133 e. The van der Waals surface area contributed by atoms with Crippen LogP contribution in [0.2, 0.25) is 0 Å². The van der Waals surface area contributed by atoms with Crippen molar-refractivity contribution in [1.29, 1.82) is 5.26 Å². The quantitative estimate of drug-likeness (QED) is 0.610. The third kappa shape index (κ3) is 4.90. The zero-order chi connectivity index (χ0) is 9.40. The second kappa shape index (κ2) is 6.84. The number of carbonyl (C=O) groups excluding carboxylic acids is 1. The number of nitriles is 1. The summed E-state index contributed by atoms with van der Waals surface area (Å²) in [7, 11) is 0. The molecule has 0 amide bonds. The molecule has 1 unspecified atom stereocenters. The molecular weight excluding hydrogens is 150 g/mol. The standard InChI is InChI=1S/C10H17NO/c1-3-5-6-9(8-11)7-10(12)4-2/h9H,3-7H2,1-2H3. The third-order valence-corrected chi connectivity index (χ3v) is 1.96. The first-order valence-corrected chi connectivity index (χ1v) is 4.65. The molecule has 0 rings (SSSR count). The SMILES string of the molecule is CCCCC(C#N)CC(=O)CC. The summed E-state index contributed by atoms with van der Waals surface area (Å²) in [5.74, 6) is 0.162. The summed E-state index contributed by atoms with van der Waals surface area (Å²) in [6.07, 6.45) is 4.03. The molecule has 0 saturated carbocycles. The van der Waals surface area contributed by atoms with Gasteiger partial charge in [-0.3, -0.25) is 4.79 Å². The Morgan fingerprint density at radius 1 is 1.50 bits per heavy atom. The molecule has 12 heavy (non-hydrogen) atoms. The van der Waals surface area contributed by atoms with Gasteiger partial charge in [-0.15, -0.1) is 0 Å². The minimum absolute atomic E-state index is 0.0441. The Hall–Kier alpha value is -0.840. The Morgan fingerprint density at radius 2 is 2.17 bits per heavy atom. The monoisotopic (exact) mass is 167 g/mol. The van der Waals surface area contributed by atoms with Crippen molar-refractivity contribution in [3.8, 4) is 6.07 Å². The van der Waals surface area contributed by atoms with E-state index < -0.39 is 0 Å². The molecule has 0 aromatic heterocycles. The normalized spacial score (nSPS) is 12.1. The molecule has 0 heterocycles. The van der Waals surface area contributed by atoms with E-state index in [4.69, 9.17) is 5.26 Å². The van der Waals surface area contributed by atoms with Gasteiger partial charge in [0.1, 0.15) is 5.78 Å². The van der Waals surface area contributed by atoms with Crippen molar-refractivity contribution < 1.29 is 4.79 Å². The zero-order valence-corrected chi connectivity index (χ0v) is 7.97. The molecule has 2 heteroatoms. The largest absolute Gasteiger partial charge is 0.300 e. The topological polar surface area (TPSA) is 40.9 Å². The van der Waals surface area contributed by atoms with Gasteiger partial charge >= 0.3 is 0 Å². The number of hydrogen-bond acceptors (Lipinski definition) is 2. The first-order chi connectivity index (χ1) is 5.74. The van der Waals surface area contributed by atoms with Gasteiger partial charge in [-0.2, -0.15) is 5.26 Å². The molecule has 0 fully saturated rings. The van der Waals surface area contributed by atoms with Gasteiger partial charge in [0.25, 0.3) is 0 Å². The van der Waals surface area contributed by atoms with Crippen LogP contribution in [0.1, 0.15) is 46.0 Å². The average Bonchev–Trinajstić information content (AvgIpc) is 2.11. The van der Waals surface area contributed by atoms with Crippen LogP contribution in [-0.2, 0) is 4.79 Å². The molecule has 0 aliphatic heterocycles. The lowest BCUT2D eigenvalue weighted by atomic mass is 9.97. The van der Waals surface area contributed by atoms with Gasteiger partial charge in [-0.1, -0.05) is 26.7 Å². The highest BCUT2D eigenvalue weighted by Crippen LogP contribution is 2.12. The van der Waals surface area contributed by atoms with E-state index in [0.29, 0.717) is 12.8 Å². The molecule has 68 valence electrons. The first kappa shape index (κ1) is 11.2. The second-order valence-corrected chi connectivity index (χ2v) is 3.06. The van der Waals surface area contributed by atoms with Crippen LogP contribution in [0.15, 0.2) is 0 Å². The fraction of sp³-hybridized carbons (Fsp3) is 0.800. The second-order valence-electron chi connectivity index (χ2n) is 3.06. The lowest BCUT2D eigenvalue weighted by Gasteiger charge is -2.05. The Morgan fingerprint density at radius 3 is 2.58 bits per heavy atom. The van der Waals surface area contributed by atoms with E-state index in [2.05, 4.69) is 13.0 Å². The van der Waals surface area contributed by atoms with Gasteiger partial charge in [0, 0.05) is 12.8 Å². The zero-order valence-electron chi connectivity index (χ0n) is 7.97. The minimum atomic E-state index is -0.0441.